The van der Waals surface area contributed by atoms with Crippen LogP contribution >= 0.6 is 15.9 Å². The average molecular weight is 311 g/mol. The number of rotatable bonds is 3. The molecule has 1 amide bonds. The quantitative estimate of drug-likeness (QED) is 0.901. The van der Waals surface area contributed by atoms with Crippen LogP contribution in [0.5, 0.6) is 0 Å². The molecular weight excluding hydrogens is 300 g/mol. The van der Waals surface area contributed by atoms with Crippen molar-refractivity contribution in [3.8, 4) is 0 Å². The Kier molecular flexibility index (Phi) is 3.56. The summed E-state index contributed by atoms with van der Waals surface area (Å²) >= 11 is 3.26. The van der Waals surface area contributed by atoms with Gasteiger partial charge in [0.2, 0.25) is 11.9 Å². The molecule has 0 atom stereocenters. The highest BCUT2D eigenvalue weighted by atomic mass is 79.9. The molecule has 94 valence electrons. The van der Waals surface area contributed by atoms with Crippen molar-refractivity contribution in [1.82, 2.24) is 19.7 Å². The molecule has 2 N–H and O–H groups in total. The van der Waals surface area contributed by atoms with Gasteiger partial charge in [-0.05, 0) is 15.9 Å². The van der Waals surface area contributed by atoms with Crippen LogP contribution in [0.3, 0.4) is 0 Å². The van der Waals surface area contributed by atoms with E-state index in [4.69, 9.17) is 0 Å². The number of carbonyl (C=O) groups is 1. The summed E-state index contributed by atoms with van der Waals surface area (Å²) in [6, 6.07) is 0. The van der Waals surface area contributed by atoms with Crippen LogP contribution in [-0.2, 0) is 11.8 Å². The van der Waals surface area contributed by atoms with Crippen molar-refractivity contribution < 1.29 is 4.79 Å². The highest BCUT2D eigenvalue weighted by Crippen LogP contribution is 2.22. The first-order valence-electron chi connectivity index (χ1n) is 5.10. The monoisotopic (exact) mass is 310 g/mol. The van der Waals surface area contributed by atoms with Crippen molar-refractivity contribution in [1.29, 1.82) is 0 Å². The van der Waals surface area contributed by atoms with Gasteiger partial charge in [-0.1, -0.05) is 0 Å². The number of carbonyl (C=O) groups excluding carboxylic acids is 1. The van der Waals surface area contributed by atoms with Gasteiger partial charge >= 0.3 is 0 Å². The molecule has 2 rings (SSSR count). The van der Waals surface area contributed by atoms with E-state index in [1.54, 1.807) is 30.3 Å². The molecule has 0 aliphatic rings. The summed E-state index contributed by atoms with van der Waals surface area (Å²) in [6.45, 7) is 1.43. The number of halogens is 1. The van der Waals surface area contributed by atoms with Crippen LogP contribution < -0.4 is 10.6 Å². The third kappa shape index (κ3) is 3.04. The van der Waals surface area contributed by atoms with Gasteiger partial charge in [-0.15, -0.1) is 0 Å². The van der Waals surface area contributed by atoms with Crippen molar-refractivity contribution >= 4 is 39.3 Å². The Morgan fingerprint density at radius 3 is 2.67 bits per heavy atom. The smallest absolute Gasteiger partial charge is 0.227 e. The molecule has 0 saturated heterocycles. The highest BCUT2D eigenvalue weighted by Gasteiger charge is 2.10. The topological polar surface area (TPSA) is 84.7 Å². The predicted octanol–water partition coefficient (Wildman–Crippen LogP) is 1.67. The zero-order valence-corrected chi connectivity index (χ0v) is 11.4. The van der Waals surface area contributed by atoms with Crippen molar-refractivity contribution in [3.05, 3.63) is 23.1 Å². The van der Waals surface area contributed by atoms with Gasteiger partial charge in [0.25, 0.3) is 0 Å². The van der Waals surface area contributed by atoms with Gasteiger partial charge < -0.3 is 10.6 Å². The second kappa shape index (κ2) is 5.13. The Labute approximate surface area is 112 Å². The third-order valence-electron chi connectivity index (χ3n) is 1.99. The normalized spacial score (nSPS) is 10.2. The van der Waals surface area contributed by atoms with Crippen LogP contribution in [0.15, 0.2) is 23.1 Å². The summed E-state index contributed by atoms with van der Waals surface area (Å²) in [4.78, 5) is 19.2. The van der Waals surface area contributed by atoms with Crippen LogP contribution in [0.4, 0.5) is 17.5 Å². The molecule has 0 aromatic carbocycles. The molecule has 2 aromatic rings. The molecule has 0 fully saturated rings. The van der Waals surface area contributed by atoms with E-state index in [0.717, 1.165) is 4.47 Å². The highest BCUT2D eigenvalue weighted by molar-refractivity contribution is 9.10. The van der Waals surface area contributed by atoms with E-state index in [0.29, 0.717) is 17.5 Å². The second-order valence-electron chi connectivity index (χ2n) is 3.60. The molecule has 0 saturated carbocycles. The number of nitrogens with one attached hydrogen (secondary N) is 2. The lowest BCUT2D eigenvalue weighted by Gasteiger charge is -2.04. The van der Waals surface area contributed by atoms with Gasteiger partial charge in [-0.2, -0.15) is 5.10 Å². The van der Waals surface area contributed by atoms with Crippen LogP contribution in [0.2, 0.25) is 0 Å². The maximum Gasteiger partial charge on any atom is 0.227 e. The largest absolute Gasteiger partial charge is 0.320 e. The molecule has 2 aromatic heterocycles. The Morgan fingerprint density at radius 1 is 1.39 bits per heavy atom. The standard InChI is InChI=1S/C10H11BrN6O/c1-6(18)14-9-8(5-17(2)16-9)15-10-12-3-7(11)4-13-10/h3-5H,1-2H3,(H,12,13,15)(H,14,16,18). The summed E-state index contributed by atoms with van der Waals surface area (Å²) in [6.07, 6.45) is 4.99. The zero-order chi connectivity index (χ0) is 13.1. The van der Waals surface area contributed by atoms with Crippen LogP contribution in [0.25, 0.3) is 0 Å². The van der Waals surface area contributed by atoms with Crippen molar-refractivity contribution in [3.63, 3.8) is 0 Å². The molecule has 0 spiro atoms. The van der Waals surface area contributed by atoms with E-state index in [9.17, 15) is 4.79 Å². The van der Waals surface area contributed by atoms with E-state index in [-0.39, 0.29) is 5.91 Å². The summed E-state index contributed by atoms with van der Waals surface area (Å²) in [5.74, 6) is 0.683. The van der Waals surface area contributed by atoms with Crippen LogP contribution in [0, 0.1) is 0 Å². The molecule has 0 aliphatic carbocycles. The van der Waals surface area contributed by atoms with Crippen LogP contribution in [0.1, 0.15) is 6.92 Å². The lowest BCUT2D eigenvalue weighted by Crippen LogP contribution is -2.08. The minimum absolute atomic E-state index is 0.187. The fraction of sp³-hybridized carbons (Fsp3) is 0.200. The Hall–Kier alpha value is -1.96. The van der Waals surface area contributed by atoms with Gasteiger partial charge in [-0.25, -0.2) is 9.97 Å². The van der Waals surface area contributed by atoms with Gasteiger partial charge in [0.15, 0.2) is 5.82 Å². The van der Waals surface area contributed by atoms with Crippen molar-refractivity contribution in [2.24, 2.45) is 7.05 Å². The predicted molar refractivity (Wildman–Crippen MR) is 70.5 cm³/mol. The molecule has 7 nitrogen and oxygen atoms in total. The van der Waals surface area contributed by atoms with Crippen molar-refractivity contribution in [2.75, 3.05) is 10.6 Å². The second-order valence-corrected chi connectivity index (χ2v) is 4.51. The van der Waals surface area contributed by atoms with Gasteiger partial charge in [0.1, 0.15) is 5.69 Å². The van der Waals surface area contributed by atoms with Crippen molar-refractivity contribution in [2.45, 2.75) is 6.92 Å². The number of aromatic nitrogens is 4. The number of hydrogen-bond acceptors (Lipinski definition) is 5. The van der Waals surface area contributed by atoms with E-state index in [1.165, 1.54) is 6.92 Å². The van der Waals surface area contributed by atoms with Gasteiger partial charge in [0, 0.05) is 26.4 Å². The van der Waals surface area contributed by atoms with Gasteiger partial charge in [-0.3, -0.25) is 9.48 Å². The first kappa shape index (κ1) is 12.5. The maximum atomic E-state index is 11.0. The number of hydrogen-bond donors (Lipinski definition) is 2. The summed E-state index contributed by atoms with van der Waals surface area (Å²) in [7, 11) is 1.76. The van der Waals surface area contributed by atoms with E-state index in [1.807, 2.05) is 0 Å². The minimum Gasteiger partial charge on any atom is -0.320 e. The average Bonchev–Trinajstić information content (AvgIpc) is 2.61. The Balaban J connectivity index is 2.22. The van der Waals surface area contributed by atoms with E-state index >= 15 is 0 Å². The SMILES string of the molecule is CC(=O)Nc1nn(C)cc1Nc1ncc(Br)cn1. The zero-order valence-electron chi connectivity index (χ0n) is 9.81. The molecular formula is C10H11BrN6O. The molecule has 0 bridgehead atoms. The number of nitrogens with zero attached hydrogens (tertiary/aromatic N) is 4. The molecule has 2 heterocycles. The molecule has 0 radical (unpaired) electrons. The fourth-order valence-electron chi connectivity index (χ4n) is 1.34. The van der Waals surface area contributed by atoms with E-state index < -0.39 is 0 Å². The van der Waals surface area contributed by atoms with Gasteiger partial charge in [0.05, 0.1) is 10.7 Å². The Bertz CT molecular complexity index is 564. The minimum atomic E-state index is -0.187. The summed E-state index contributed by atoms with van der Waals surface area (Å²) in [5.41, 5.74) is 0.634. The molecule has 0 aliphatic heterocycles. The molecule has 0 unspecified atom stereocenters. The lowest BCUT2D eigenvalue weighted by atomic mass is 10.5. The van der Waals surface area contributed by atoms with Crippen LogP contribution in [-0.4, -0.2) is 25.7 Å². The summed E-state index contributed by atoms with van der Waals surface area (Å²) < 4.78 is 2.38. The first-order valence-corrected chi connectivity index (χ1v) is 5.89. The third-order valence-corrected chi connectivity index (χ3v) is 2.40. The number of anilines is 3. The molecule has 18 heavy (non-hydrogen) atoms. The molecule has 8 heteroatoms. The lowest BCUT2D eigenvalue weighted by molar-refractivity contribution is -0.114. The number of amides is 1. The van der Waals surface area contributed by atoms with E-state index in [2.05, 4.69) is 41.6 Å². The Morgan fingerprint density at radius 2 is 2.06 bits per heavy atom. The maximum absolute atomic E-state index is 11.0. The number of aryl methyl sites for hydroxylation is 1. The first-order chi connectivity index (χ1) is 8.54. The fourth-order valence-corrected chi connectivity index (χ4v) is 1.54. The summed E-state index contributed by atoms with van der Waals surface area (Å²) in [5, 5.41) is 9.73.